The fourth-order valence-corrected chi connectivity index (χ4v) is 2.87. The van der Waals surface area contributed by atoms with Crippen LogP contribution in [0.5, 0.6) is 0 Å². The lowest BCUT2D eigenvalue weighted by molar-refractivity contribution is 0.0485. The highest BCUT2D eigenvalue weighted by Gasteiger charge is 2.22. The zero-order valence-electron chi connectivity index (χ0n) is 10.2. The molecule has 3 heteroatoms. The van der Waals surface area contributed by atoms with E-state index in [0.717, 1.165) is 26.0 Å². The van der Waals surface area contributed by atoms with Gasteiger partial charge in [0, 0.05) is 12.6 Å². The highest BCUT2D eigenvalue weighted by molar-refractivity contribution is 4.80. The molecule has 0 aromatic rings. The topological polar surface area (TPSA) is 41.5 Å². The molecule has 2 fully saturated rings. The second kappa shape index (κ2) is 6.58. The number of nitrogens with one attached hydrogen (secondary N) is 1. The van der Waals surface area contributed by atoms with E-state index < -0.39 is 0 Å². The van der Waals surface area contributed by atoms with E-state index in [9.17, 15) is 5.11 Å². The lowest BCUT2D eigenvalue weighted by Gasteiger charge is -2.28. The van der Waals surface area contributed by atoms with Gasteiger partial charge in [-0.25, -0.2) is 0 Å². The molecule has 2 atom stereocenters. The quantitative estimate of drug-likeness (QED) is 0.704. The third kappa shape index (κ3) is 3.72. The second-order valence-corrected chi connectivity index (χ2v) is 5.19. The van der Waals surface area contributed by atoms with E-state index in [-0.39, 0.29) is 6.10 Å². The van der Waals surface area contributed by atoms with Crippen molar-refractivity contribution in [2.45, 2.75) is 69.6 Å². The van der Waals surface area contributed by atoms with Crippen LogP contribution in [0.1, 0.15) is 51.4 Å². The van der Waals surface area contributed by atoms with Gasteiger partial charge in [0.2, 0.25) is 0 Å². The van der Waals surface area contributed by atoms with Crippen LogP contribution >= 0.6 is 0 Å². The summed E-state index contributed by atoms with van der Waals surface area (Å²) < 4.78 is 5.79. The molecular formula is C13H25NO2. The summed E-state index contributed by atoms with van der Waals surface area (Å²) in [6, 6.07) is 0.306. The van der Waals surface area contributed by atoms with Crippen LogP contribution in [0.15, 0.2) is 0 Å². The average Bonchev–Trinajstić information content (AvgIpc) is 2.79. The molecule has 0 aromatic heterocycles. The molecule has 0 heterocycles. The van der Waals surface area contributed by atoms with Crippen molar-refractivity contribution in [2.24, 2.45) is 0 Å². The van der Waals surface area contributed by atoms with Crippen LogP contribution in [0.2, 0.25) is 0 Å². The Labute approximate surface area is 98.6 Å². The zero-order valence-corrected chi connectivity index (χ0v) is 10.2. The molecule has 16 heavy (non-hydrogen) atoms. The molecule has 0 aliphatic heterocycles. The van der Waals surface area contributed by atoms with Gasteiger partial charge in [0.15, 0.2) is 0 Å². The molecule has 94 valence electrons. The number of aliphatic hydroxyl groups is 1. The summed E-state index contributed by atoms with van der Waals surface area (Å²) in [5.74, 6) is 0. The third-order valence-electron chi connectivity index (χ3n) is 3.89. The first-order valence-electron chi connectivity index (χ1n) is 6.89. The lowest BCUT2D eigenvalue weighted by Crippen LogP contribution is -2.43. The number of aliphatic hydroxyl groups excluding tert-OH is 1. The maximum atomic E-state index is 9.78. The number of hydrogen-bond donors (Lipinski definition) is 2. The van der Waals surface area contributed by atoms with Gasteiger partial charge < -0.3 is 15.2 Å². The number of rotatable bonds is 5. The summed E-state index contributed by atoms with van der Waals surface area (Å²) in [6.45, 7) is 1.69. The van der Waals surface area contributed by atoms with Crippen molar-refractivity contribution in [3.63, 3.8) is 0 Å². The fourth-order valence-electron chi connectivity index (χ4n) is 2.87. The maximum Gasteiger partial charge on any atom is 0.0693 e. The van der Waals surface area contributed by atoms with Crippen LogP contribution < -0.4 is 5.32 Å². The second-order valence-electron chi connectivity index (χ2n) is 5.19. The molecule has 0 amide bonds. The summed E-state index contributed by atoms with van der Waals surface area (Å²) in [4.78, 5) is 0. The Bertz CT molecular complexity index is 192. The van der Waals surface area contributed by atoms with E-state index in [1.54, 1.807) is 0 Å². The summed E-state index contributed by atoms with van der Waals surface area (Å²) in [5, 5.41) is 13.2. The molecule has 3 nitrogen and oxygen atoms in total. The largest absolute Gasteiger partial charge is 0.392 e. The Hall–Kier alpha value is -0.120. The van der Waals surface area contributed by atoms with Crippen LogP contribution in [0, 0.1) is 0 Å². The van der Waals surface area contributed by atoms with Gasteiger partial charge in [0.05, 0.1) is 18.8 Å². The van der Waals surface area contributed by atoms with Gasteiger partial charge in [-0.1, -0.05) is 25.7 Å². The van der Waals surface area contributed by atoms with Crippen molar-refractivity contribution in [1.82, 2.24) is 5.32 Å². The highest BCUT2D eigenvalue weighted by atomic mass is 16.5. The minimum absolute atomic E-state index is 0.139. The molecule has 0 spiro atoms. The first-order valence-corrected chi connectivity index (χ1v) is 6.89. The smallest absolute Gasteiger partial charge is 0.0693 e. The normalized spacial score (nSPS) is 32.1. The van der Waals surface area contributed by atoms with Crippen molar-refractivity contribution >= 4 is 0 Å². The Morgan fingerprint density at radius 2 is 1.69 bits per heavy atom. The first-order chi connectivity index (χ1) is 7.86. The number of ether oxygens (including phenoxy) is 1. The predicted octanol–water partition coefficient (Wildman–Crippen LogP) is 1.84. The maximum absolute atomic E-state index is 9.78. The van der Waals surface area contributed by atoms with Crippen LogP contribution in [0.3, 0.4) is 0 Å². The molecule has 0 aromatic carbocycles. The van der Waals surface area contributed by atoms with Gasteiger partial charge in [0.25, 0.3) is 0 Å². The summed E-state index contributed by atoms with van der Waals surface area (Å²) in [7, 11) is 0. The molecule has 2 rings (SSSR count). The predicted molar refractivity (Wildman–Crippen MR) is 64.5 cm³/mol. The monoisotopic (exact) mass is 227 g/mol. The van der Waals surface area contributed by atoms with Gasteiger partial charge in [-0.15, -0.1) is 0 Å². The fraction of sp³-hybridized carbons (Fsp3) is 1.00. The Morgan fingerprint density at radius 1 is 1.00 bits per heavy atom. The Balaban J connectivity index is 1.53. The van der Waals surface area contributed by atoms with Gasteiger partial charge >= 0.3 is 0 Å². The highest BCUT2D eigenvalue weighted by Crippen LogP contribution is 2.21. The molecule has 0 radical (unpaired) electrons. The molecule has 0 saturated heterocycles. The van der Waals surface area contributed by atoms with E-state index in [4.69, 9.17) is 4.74 Å². The SMILES string of the molecule is OC1CCCCC1NCCOC1CCCC1. The van der Waals surface area contributed by atoms with Crippen molar-refractivity contribution in [3.8, 4) is 0 Å². The third-order valence-corrected chi connectivity index (χ3v) is 3.89. The van der Waals surface area contributed by atoms with Gasteiger partial charge in [-0.05, 0) is 25.7 Å². The van der Waals surface area contributed by atoms with E-state index >= 15 is 0 Å². The standard InChI is InChI=1S/C13H25NO2/c15-13-8-4-3-7-12(13)14-9-10-16-11-5-1-2-6-11/h11-15H,1-10H2. The Kier molecular flexibility index (Phi) is 5.07. The minimum Gasteiger partial charge on any atom is -0.392 e. The molecule has 2 saturated carbocycles. The van der Waals surface area contributed by atoms with E-state index in [1.165, 1.54) is 38.5 Å². The van der Waals surface area contributed by atoms with Crippen molar-refractivity contribution < 1.29 is 9.84 Å². The van der Waals surface area contributed by atoms with Crippen LogP contribution in [-0.4, -0.2) is 36.5 Å². The van der Waals surface area contributed by atoms with Crippen molar-refractivity contribution in [2.75, 3.05) is 13.2 Å². The van der Waals surface area contributed by atoms with Gasteiger partial charge in [-0.2, -0.15) is 0 Å². The minimum atomic E-state index is -0.139. The van der Waals surface area contributed by atoms with Crippen molar-refractivity contribution in [1.29, 1.82) is 0 Å². The summed E-state index contributed by atoms with van der Waals surface area (Å²) in [6.07, 6.45) is 10.0. The average molecular weight is 227 g/mol. The molecule has 2 unspecified atom stereocenters. The number of hydrogen-bond acceptors (Lipinski definition) is 3. The van der Waals surface area contributed by atoms with Gasteiger partial charge in [0.1, 0.15) is 0 Å². The van der Waals surface area contributed by atoms with Crippen LogP contribution in [0.25, 0.3) is 0 Å². The molecule has 2 aliphatic carbocycles. The molecular weight excluding hydrogens is 202 g/mol. The van der Waals surface area contributed by atoms with Crippen molar-refractivity contribution in [3.05, 3.63) is 0 Å². The van der Waals surface area contributed by atoms with E-state index in [1.807, 2.05) is 0 Å². The molecule has 2 aliphatic rings. The Morgan fingerprint density at radius 3 is 2.44 bits per heavy atom. The first kappa shape index (κ1) is 12.3. The zero-order chi connectivity index (χ0) is 11.2. The van der Waals surface area contributed by atoms with E-state index in [0.29, 0.717) is 12.1 Å². The molecule has 0 bridgehead atoms. The van der Waals surface area contributed by atoms with E-state index in [2.05, 4.69) is 5.32 Å². The summed E-state index contributed by atoms with van der Waals surface area (Å²) >= 11 is 0. The van der Waals surface area contributed by atoms with Gasteiger partial charge in [-0.3, -0.25) is 0 Å². The van der Waals surface area contributed by atoms with Crippen LogP contribution in [0.4, 0.5) is 0 Å². The molecule has 2 N–H and O–H groups in total. The lowest BCUT2D eigenvalue weighted by atomic mass is 9.93. The van der Waals surface area contributed by atoms with Crippen LogP contribution in [-0.2, 0) is 4.74 Å². The summed E-state index contributed by atoms with van der Waals surface area (Å²) in [5.41, 5.74) is 0.